The summed E-state index contributed by atoms with van der Waals surface area (Å²) < 4.78 is 24.4. The van der Waals surface area contributed by atoms with Gasteiger partial charge in [0.25, 0.3) is 0 Å². The van der Waals surface area contributed by atoms with Gasteiger partial charge in [-0.15, -0.1) is 0 Å². The Morgan fingerprint density at radius 1 is 1.04 bits per heavy atom. The number of halogens is 1. The molecule has 1 aliphatic heterocycles. The van der Waals surface area contributed by atoms with Gasteiger partial charge in [0.15, 0.2) is 0 Å². The van der Waals surface area contributed by atoms with Crippen LogP contribution >= 0.6 is 0 Å². The molecular weight excluding hydrogens is 345 g/mol. The van der Waals surface area contributed by atoms with Gasteiger partial charge in [-0.25, -0.2) is 4.39 Å². The smallest absolute Gasteiger partial charge is 0.223 e. The zero-order valence-electron chi connectivity index (χ0n) is 15.9. The summed E-state index contributed by atoms with van der Waals surface area (Å²) in [6.07, 6.45) is 0.447. The molecule has 1 heterocycles. The first kappa shape index (κ1) is 19.4. The van der Waals surface area contributed by atoms with Gasteiger partial charge in [-0.1, -0.05) is 24.3 Å². The SMILES string of the molecule is CC(C)Oc1ccc([C@@H](CC(=O)N2CCOCC2)c2ccc(F)cc2)cc1. The van der Waals surface area contributed by atoms with E-state index in [1.165, 1.54) is 12.1 Å². The van der Waals surface area contributed by atoms with Gasteiger partial charge in [-0.05, 0) is 49.2 Å². The number of ether oxygens (including phenoxy) is 2. The Bertz CT molecular complexity index is 737. The van der Waals surface area contributed by atoms with E-state index < -0.39 is 0 Å². The Labute approximate surface area is 159 Å². The van der Waals surface area contributed by atoms with Crippen molar-refractivity contribution in [1.29, 1.82) is 0 Å². The number of hydrogen-bond donors (Lipinski definition) is 0. The molecule has 4 nitrogen and oxygen atoms in total. The zero-order valence-corrected chi connectivity index (χ0v) is 15.9. The van der Waals surface area contributed by atoms with Crippen LogP contribution in [0.1, 0.15) is 37.3 Å². The van der Waals surface area contributed by atoms with Crippen molar-refractivity contribution in [3.63, 3.8) is 0 Å². The Morgan fingerprint density at radius 2 is 1.59 bits per heavy atom. The van der Waals surface area contributed by atoms with E-state index >= 15 is 0 Å². The van der Waals surface area contributed by atoms with Gasteiger partial charge in [-0.2, -0.15) is 0 Å². The van der Waals surface area contributed by atoms with E-state index in [1.54, 1.807) is 12.1 Å². The fraction of sp³-hybridized carbons (Fsp3) is 0.409. The van der Waals surface area contributed by atoms with Gasteiger partial charge in [0.05, 0.1) is 19.3 Å². The summed E-state index contributed by atoms with van der Waals surface area (Å²) in [7, 11) is 0. The van der Waals surface area contributed by atoms with Crippen molar-refractivity contribution in [1.82, 2.24) is 4.90 Å². The van der Waals surface area contributed by atoms with Crippen LogP contribution in [0.5, 0.6) is 5.75 Å². The van der Waals surface area contributed by atoms with Crippen LogP contribution in [0, 0.1) is 5.82 Å². The largest absolute Gasteiger partial charge is 0.491 e. The van der Waals surface area contributed by atoms with E-state index in [-0.39, 0.29) is 23.7 Å². The zero-order chi connectivity index (χ0) is 19.2. The molecule has 0 spiro atoms. The molecule has 2 aromatic rings. The number of carbonyl (C=O) groups excluding carboxylic acids is 1. The van der Waals surface area contributed by atoms with Crippen molar-refractivity contribution >= 4 is 5.91 Å². The van der Waals surface area contributed by atoms with Gasteiger partial charge in [-0.3, -0.25) is 4.79 Å². The third-order valence-corrected chi connectivity index (χ3v) is 4.67. The quantitative estimate of drug-likeness (QED) is 0.771. The minimum absolute atomic E-state index is 0.0927. The van der Waals surface area contributed by atoms with Gasteiger partial charge in [0.1, 0.15) is 11.6 Å². The number of hydrogen-bond acceptors (Lipinski definition) is 3. The molecule has 1 saturated heterocycles. The maximum Gasteiger partial charge on any atom is 0.223 e. The van der Waals surface area contributed by atoms with Gasteiger partial charge < -0.3 is 14.4 Å². The van der Waals surface area contributed by atoms with E-state index in [0.717, 1.165) is 16.9 Å². The fourth-order valence-electron chi connectivity index (χ4n) is 3.29. The van der Waals surface area contributed by atoms with Crippen molar-refractivity contribution in [3.05, 3.63) is 65.5 Å². The lowest BCUT2D eigenvalue weighted by Gasteiger charge is -2.29. The Hall–Kier alpha value is -2.40. The predicted molar refractivity (Wildman–Crippen MR) is 102 cm³/mol. The summed E-state index contributed by atoms with van der Waals surface area (Å²) in [5.74, 6) is 0.480. The standard InChI is InChI=1S/C22H26FNO3/c1-16(2)27-20-9-5-18(6-10-20)21(17-3-7-19(23)8-4-17)15-22(25)24-11-13-26-14-12-24/h3-10,16,21H,11-15H2,1-2H3/t21-/m0/s1. The molecule has 0 aromatic heterocycles. The molecule has 0 N–H and O–H groups in total. The molecule has 0 aliphatic carbocycles. The molecule has 1 atom stereocenters. The molecule has 144 valence electrons. The lowest BCUT2D eigenvalue weighted by atomic mass is 9.88. The second-order valence-corrected chi connectivity index (χ2v) is 7.04. The van der Waals surface area contributed by atoms with Crippen LogP contribution in [0.3, 0.4) is 0 Å². The molecule has 0 bridgehead atoms. The maximum absolute atomic E-state index is 13.4. The molecule has 5 heteroatoms. The Balaban J connectivity index is 1.83. The first-order valence-electron chi connectivity index (χ1n) is 9.40. The van der Waals surface area contributed by atoms with Crippen molar-refractivity contribution in [2.24, 2.45) is 0 Å². The van der Waals surface area contributed by atoms with Crippen molar-refractivity contribution in [3.8, 4) is 5.75 Å². The highest BCUT2D eigenvalue weighted by molar-refractivity contribution is 5.78. The summed E-state index contributed by atoms with van der Waals surface area (Å²) in [5.41, 5.74) is 1.94. The predicted octanol–water partition coefficient (Wildman–Crippen LogP) is 3.99. The van der Waals surface area contributed by atoms with Crippen molar-refractivity contribution in [2.75, 3.05) is 26.3 Å². The third kappa shape index (κ3) is 5.30. The van der Waals surface area contributed by atoms with E-state index in [0.29, 0.717) is 32.7 Å². The van der Waals surface area contributed by atoms with Crippen LogP contribution < -0.4 is 4.74 Å². The van der Waals surface area contributed by atoms with Crippen molar-refractivity contribution in [2.45, 2.75) is 32.3 Å². The van der Waals surface area contributed by atoms with Crippen LogP contribution in [0.15, 0.2) is 48.5 Å². The summed E-state index contributed by atoms with van der Waals surface area (Å²) in [5, 5.41) is 0. The number of carbonyl (C=O) groups is 1. The Morgan fingerprint density at radius 3 is 2.15 bits per heavy atom. The number of nitrogens with zero attached hydrogens (tertiary/aromatic N) is 1. The van der Waals surface area contributed by atoms with E-state index in [1.807, 2.05) is 43.0 Å². The molecule has 27 heavy (non-hydrogen) atoms. The number of rotatable bonds is 6. The normalized spacial score (nSPS) is 15.6. The summed E-state index contributed by atoms with van der Waals surface area (Å²) in [6.45, 7) is 6.36. The molecule has 0 saturated carbocycles. The average molecular weight is 371 g/mol. The van der Waals surface area contributed by atoms with E-state index in [9.17, 15) is 9.18 Å². The third-order valence-electron chi connectivity index (χ3n) is 4.67. The second-order valence-electron chi connectivity index (χ2n) is 7.04. The van der Waals surface area contributed by atoms with Gasteiger partial charge in [0, 0.05) is 25.4 Å². The molecular formula is C22H26FNO3. The number of benzene rings is 2. The first-order chi connectivity index (χ1) is 13.0. The second kappa shape index (κ2) is 9.00. The molecule has 1 fully saturated rings. The summed E-state index contributed by atoms with van der Waals surface area (Å²) >= 11 is 0. The summed E-state index contributed by atoms with van der Waals surface area (Å²) in [6, 6.07) is 14.2. The monoisotopic (exact) mass is 371 g/mol. The highest BCUT2D eigenvalue weighted by Crippen LogP contribution is 2.30. The highest BCUT2D eigenvalue weighted by atomic mass is 19.1. The van der Waals surface area contributed by atoms with Crippen LogP contribution in [0.25, 0.3) is 0 Å². The molecule has 1 aliphatic rings. The number of morpholine rings is 1. The Kier molecular flexibility index (Phi) is 6.45. The molecule has 0 radical (unpaired) electrons. The minimum atomic E-state index is -0.280. The number of amides is 1. The van der Waals surface area contributed by atoms with E-state index in [4.69, 9.17) is 9.47 Å². The lowest BCUT2D eigenvalue weighted by Crippen LogP contribution is -2.41. The molecule has 2 aromatic carbocycles. The van der Waals surface area contributed by atoms with Crippen LogP contribution in [0.4, 0.5) is 4.39 Å². The fourth-order valence-corrected chi connectivity index (χ4v) is 3.29. The van der Waals surface area contributed by atoms with Crippen LogP contribution in [-0.2, 0) is 9.53 Å². The lowest BCUT2D eigenvalue weighted by molar-refractivity contribution is -0.135. The van der Waals surface area contributed by atoms with Gasteiger partial charge in [0.2, 0.25) is 5.91 Å². The molecule has 3 rings (SSSR count). The first-order valence-corrected chi connectivity index (χ1v) is 9.40. The van der Waals surface area contributed by atoms with Crippen LogP contribution in [-0.4, -0.2) is 43.2 Å². The topological polar surface area (TPSA) is 38.8 Å². The molecule has 0 unspecified atom stereocenters. The average Bonchev–Trinajstić information content (AvgIpc) is 2.68. The van der Waals surface area contributed by atoms with E-state index in [2.05, 4.69) is 0 Å². The van der Waals surface area contributed by atoms with Crippen LogP contribution in [0.2, 0.25) is 0 Å². The molecule has 1 amide bonds. The maximum atomic E-state index is 13.4. The summed E-state index contributed by atoms with van der Waals surface area (Å²) in [4.78, 5) is 14.6. The highest BCUT2D eigenvalue weighted by Gasteiger charge is 2.23. The van der Waals surface area contributed by atoms with Gasteiger partial charge >= 0.3 is 0 Å². The minimum Gasteiger partial charge on any atom is -0.491 e. The van der Waals surface area contributed by atoms with Crippen molar-refractivity contribution < 1.29 is 18.7 Å².